The molecule has 0 saturated heterocycles. The molecule has 0 amide bonds. The highest BCUT2D eigenvalue weighted by Crippen LogP contribution is 2.35. The fourth-order valence-corrected chi connectivity index (χ4v) is 3.13. The van der Waals surface area contributed by atoms with Crippen molar-refractivity contribution in [2.24, 2.45) is 0 Å². The summed E-state index contributed by atoms with van der Waals surface area (Å²) in [5.41, 5.74) is 5.03. The molecule has 0 bridgehead atoms. The number of nitrogens with zero attached hydrogens (tertiary/aromatic N) is 1. The number of oxazole rings is 1. The molecule has 23 heavy (non-hydrogen) atoms. The van der Waals surface area contributed by atoms with Gasteiger partial charge in [0.15, 0.2) is 5.58 Å². The fourth-order valence-electron chi connectivity index (χ4n) is 3.13. The second-order valence-corrected chi connectivity index (χ2v) is 5.81. The van der Waals surface area contributed by atoms with E-state index in [4.69, 9.17) is 14.1 Å². The van der Waals surface area contributed by atoms with E-state index in [1.165, 1.54) is 5.56 Å². The van der Waals surface area contributed by atoms with Gasteiger partial charge in [0.05, 0.1) is 7.11 Å². The molecule has 0 saturated carbocycles. The highest BCUT2D eigenvalue weighted by molar-refractivity contribution is 5.99. The lowest BCUT2D eigenvalue weighted by Crippen LogP contribution is -1.87. The zero-order chi connectivity index (χ0) is 16.0. The van der Waals surface area contributed by atoms with Crippen molar-refractivity contribution in [3.63, 3.8) is 0 Å². The SMILES string of the molecule is COc1ccc(-c2nc3cc(C)cc(C)c3o2)c2ccccc12. The van der Waals surface area contributed by atoms with E-state index in [0.29, 0.717) is 5.89 Å². The van der Waals surface area contributed by atoms with Gasteiger partial charge in [-0.3, -0.25) is 0 Å². The van der Waals surface area contributed by atoms with Crippen LogP contribution in [0.25, 0.3) is 33.3 Å². The van der Waals surface area contributed by atoms with Crippen molar-refractivity contribution in [1.29, 1.82) is 0 Å². The second kappa shape index (κ2) is 5.13. The molecular formula is C20H17NO2. The Kier molecular flexibility index (Phi) is 3.08. The van der Waals surface area contributed by atoms with E-state index in [1.807, 2.05) is 24.3 Å². The lowest BCUT2D eigenvalue weighted by Gasteiger charge is -2.08. The zero-order valence-corrected chi connectivity index (χ0v) is 13.4. The third kappa shape index (κ3) is 2.16. The van der Waals surface area contributed by atoms with E-state index in [-0.39, 0.29) is 0 Å². The summed E-state index contributed by atoms with van der Waals surface area (Å²) < 4.78 is 11.5. The first kappa shape index (κ1) is 13.8. The van der Waals surface area contributed by atoms with E-state index in [9.17, 15) is 0 Å². The molecule has 3 aromatic carbocycles. The summed E-state index contributed by atoms with van der Waals surface area (Å²) in [6.07, 6.45) is 0. The van der Waals surface area contributed by atoms with Gasteiger partial charge < -0.3 is 9.15 Å². The average Bonchev–Trinajstić information content (AvgIpc) is 2.97. The maximum Gasteiger partial charge on any atom is 0.227 e. The zero-order valence-electron chi connectivity index (χ0n) is 13.4. The van der Waals surface area contributed by atoms with Crippen molar-refractivity contribution < 1.29 is 9.15 Å². The highest BCUT2D eigenvalue weighted by atomic mass is 16.5. The molecule has 0 aliphatic rings. The topological polar surface area (TPSA) is 35.3 Å². The van der Waals surface area contributed by atoms with Gasteiger partial charge in [0.25, 0.3) is 0 Å². The molecule has 4 aromatic rings. The molecule has 0 spiro atoms. The monoisotopic (exact) mass is 303 g/mol. The van der Waals surface area contributed by atoms with E-state index >= 15 is 0 Å². The number of hydrogen-bond acceptors (Lipinski definition) is 3. The van der Waals surface area contributed by atoms with Crippen LogP contribution >= 0.6 is 0 Å². The van der Waals surface area contributed by atoms with Crippen molar-refractivity contribution in [1.82, 2.24) is 4.98 Å². The van der Waals surface area contributed by atoms with Crippen LogP contribution in [-0.2, 0) is 0 Å². The standard InChI is InChI=1S/C20H17NO2/c1-12-10-13(2)19-17(11-12)21-20(23-19)16-8-9-18(22-3)15-7-5-4-6-14(15)16/h4-11H,1-3H3. The molecule has 4 rings (SSSR count). The van der Waals surface area contributed by atoms with Gasteiger partial charge in [-0.2, -0.15) is 0 Å². The molecule has 0 N–H and O–H groups in total. The number of aryl methyl sites for hydroxylation is 2. The van der Waals surface area contributed by atoms with Crippen LogP contribution in [0.4, 0.5) is 0 Å². The van der Waals surface area contributed by atoms with Gasteiger partial charge in [-0.15, -0.1) is 0 Å². The van der Waals surface area contributed by atoms with Gasteiger partial charge in [0.1, 0.15) is 11.3 Å². The highest BCUT2D eigenvalue weighted by Gasteiger charge is 2.14. The Morgan fingerprint density at radius 1 is 0.957 bits per heavy atom. The Bertz CT molecular complexity index is 1030. The van der Waals surface area contributed by atoms with Crippen molar-refractivity contribution in [3.8, 4) is 17.2 Å². The lowest BCUT2D eigenvalue weighted by molar-refractivity contribution is 0.420. The van der Waals surface area contributed by atoms with E-state index < -0.39 is 0 Å². The smallest absolute Gasteiger partial charge is 0.227 e. The largest absolute Gasteiger partial charge is 0.496 e. The van der Waals surface area contributed by atoms with Gasteiger partial charge in [-0.1, -0.05) is 30.3 Å². The van der Waals surface area contributed by atoms with Crippen molar-refractivity contribution >= 4 is 21.9 Å². The Morgan fingerprint density at radius 2 is 1.74 bits per heavy atom. The predicted molar refractivity (Wildman–Crippen MR) is 93.0 cm³/mol. The molecule has 0 radical (unpaired) electrons. The molecule has 3 heteroatoms. The molecule has 0 unspecified atom stereocenters. The molecule has 0 aliphatic carbocycles. The van der Waals surface area contributed by atoms with E-state index in [0.717, 1.165) is 38.7 Å². The molecule has 0 aliphatic heterocycles. The van der Waals surface area contributed by atoms with Gasteiger partial charge in [-0.25, -0.2) is 4.98 Å². The third-order valence-electron chi connectivity index (χ3n) is 4.15. The number of ether oxygens (including phenoxy) is 1. The van der Waals surface area contributed by atoms with Crippen LogP contribution < -0.4 is 4.74 Å². The fraction of sp³-hybridized carbons (Fsp3) is 0.150. The molecule has 0 atom stereocenters. The summed E-state index contributed by atoms with van der Waals surface area (Å²) in [6.45, 7) is 4.12. The minimum absolute atomic E-state index is 0.646. The number of fused-ring (bicyclic) bond motifs is 2. The van der Waals surface area contributed by atoms with Crippen LogP contribution in [-0.4, -0.2) is 12.1 Å². The Balaban J connectivity index is 2.01. The maximum absolute atomic E-state index is 6.07. The normalized spacial score (nSPS) is 11.3. The van der Waals surface area contributed by atoms with Crippen LogP contribution in [0, 0.1) is 13.8 Å². The van der Waals surface area contributed by atoms with Crippen molar-refractivity contribution in [2.45, 2.75) is 13.8 Å². The summed E-state index contributed by atoms with van der Waals surface area (Å²) in [7, 11) is 1.69. The summed E-state index contributed by atoms with van der Waals surface area (Å²) in [5.74, 6) is 1.50. The van der Waals surface area contributed by atoms with Gasteiger partial charge >= 0.3 is 0 Å². The predicted octanol–water partition coefficient (Wildman–Crippen LogP) is 5.27. The second-order valence-electron chi connectivity index (χ2n) is 5.81. The maximum atomic E-state index is 6.07. The molecule has 1 heterocycles. The Hall–Kier alpha value is -2.81. The van der Waals surface area contributed by atoms with Gasteiger partial charge in [0, 0.05) is 10.9 Å². The number of aromatic nitrogens is 1. The number of rotatable bonds is 2. The Labute approximate surface area is 134 Å². The Morgan fingerprint density at radius 3 is 2.52 bits per heavy atom. The molecule has 114 valence electrons. The van der Waals surface area contributed by atoms with E-state index in [2.05, 4.69) is 38.1 Å². The molecule has 0 fully saturated rings. The van der Waals surface area contributed by atoms with Crippen LogP contribution in [0.3, 0.4) is 0 Å². The minimum Gasteiger partial charge on any atom is -0.496 e. The van der Waals surface area contributed by atoms with Crippen LogP contribution in [0.5, 0.6) is 5.75 Å². The molecular weight excluding hydrogens is 286 g/mol. The molecule has 1 aromatic heterocycles. The summed E-state index contributed by atoms with van der Waals surface area (Å²) in [6, 6.07) is 16.3. The minimum atomic E-state index is 0.646. The summed E-state index contributed by atoms with van der Waals surface area (Å²) >= 11 is 0. The van der Waals surface area contributed by atoms with Gasteiger partial charge in [0.2, 0.25) is 5.89 Å². The number of hydrogen-bond donors (Lipinski definition) is 0. The number of methoxy groups -OCH3 is 1. The third-order valence-corrected chi connectivity index (χ3v) is 4.15. The first-order valence-corrected chi connectivity index (χ1v) is 7.61. The number of benzene rings is 3. The summed E-state index contributed by atoms with van der Waals surface area (Å²) in [4.78, 5) is 4.70. The lowest BCUT2D eigenvalue weighted by atomic mass is 10.0. The summed E-state index contributed by atoms with van der Waals surface area (Å²) in [5, 5.41) is 2.13. The first-order chi connectivity index (χ1) is 11.2. The van der Waals surface area contributed by atoms with Crippen LogP contribution in [0.15, 0.2) is 52.9 Å². The van der Waals surface area contributed by atoms with Crippen molar-refractivity contribution in [2.75, 3.05) is 7.11 Å². The van der Waals surface area contributed by atoms with E-state index in [1.54, 1.807) is 7.11 Å². The quantitative estimate of drug-likeness (QED) is 0.506. The van der Waals surface area contributed by atoms with Crippen LogP contribution in [0.1, 0.15) is 11.1 Å². The average molecular weight is 303 g/mol. The first-order valence-electron chi connectivity index (χ1n) is 7.61. The molecule has 3 nitrogen and oxygen atoms in total. The van der Waals surface area contributed by atoms with Crippen molar-refractivity contribution in [3.05, 3.63) is 59.7 Å². The van der Waals surface area contributed by atoms with Gasteiger partial charge in [-0.05, 0) is 48.6 Å². The van der Waals surface area contributed by atoms with Crippen LogP contribution in [0.2, 0.25) is 0 Å².